The maximum Gasteiger partial charge on any atom is 0.322 e. The smallest absolute Gasteiger partial charge is 0.322 e. The molecule has 21 heavy (non-hydrogen) atoms. The summed E-state index contributed by atoms with van der Waals surface area (Å²) in [6, 6.07) is 0.143. The number of carbonyl (C=O) groups excluding carboxylic acids is 1. The van der Waals surface area contributed by atoms with Crippen LogP contribution < -0.4 is 5.32 Å². The van der Waals surface area contributed by atoms with Gasteiger partial charge in [0.1, 0.15) is 11.4 Å². The Hall–Kier alpha value is -1.56. The molecule has 3 heterocycles. The molecule has 2 atom stereocenters. The number of aryl methyl sites for hydroxylation is 1. The predicted molar refractivity (Wildman–Crippen MR) is 78.4 cm³/mol. The van der Waals surface area contributed by atoms with Gasteiger partial charge in [0.2, 0.25) is 0 Å². The molecule has 0 bridgehead atoms. The van der Waals surface area contributed by atoms with E-state index in [9.17, 15) is 4.79 Å². The molecular formula is C15H23N3O3. The number of aromatic nitrogens is 1. The Morgan fingerprint density at radius 1 is 1.43 bits per heavy atom. The third kappa shape index (κ3) is 2.64. The lowest BCUT2D eigenvalue weighted by Crippen LogP contribution is -2.49. The Balaban J connectivity index is 1.75. The molecule has 2 aliphatic rings. The summed E-state index contributed by atoms with van der Waals surface area (Å²) in [6.45, 7) is 8.12. The zero-order chi connectivity index (χ0) is 15.0. The molecule has 0 aliphatic carbocycles. The van der Waals surface area contributed by atoms with Crippen molar-refractivity contribution in [2.75, 3.05) is 25.1 Å². The summed E-state index contributed by atoms with van der Waals surface area (Å²) in [5.41, 5.74) is 1.44. The van der Waals surface area contributed by atoms with Gasteiger partial charge < -0.3 is 19.5 Å². The lowest BCUT2D eigenvalue weighted by molar-refractivity contribution is 0.140. The molecule has 0 unspecified atom stereocenters. The van der Waals surface area contributed by atoms with Gasteiger partial charge in [-0.05, 0) is 19.8 Å². The van der Waals surface area contributed by atoms with E-state index in [-0.39, 0.29) is 18.0 Å². The van der Waals surface area contributed by atoms with Crippen LogP contribution in [0, 0.1) is 12.8 Å². The van der Waals surface area contributed by atoms with Crippen LogP contribution >= 0.6 is 0 Å². The zero-order valence-electron chi connectivity index (χ0n) is 12.9. The highest BCUT2D eigenvalue weighted by molar-refractivity contribution is 5.90. The normalized spacial score (nSPS) is 25.2. The number of hydrogen-bond acceptors (Lipinski definition) is 4. The number of rotatable bonds is 2. The van der Waals surface area contributed by atoms with E-state index in [1.165, 1.54) is 0 Å². The molecule has 116 valence electrons. The van der Waals surface area contributed by atoms with Crippen molar-refractivity contribution in [3.63, 3.8) is 0 Å². The first-order valence-electron chi connectivity index (χ1n) is 7.69. The second-order valence-corrected chi connectivity index (χ2v) is 6.29. The van der Waals surface area contributed by atoms with Crippen molar-refractivity contribution in [2.24, 2.45) is 5.92 Å². The average molecular weight is 293 g/mol. The number of anilines is 1. The number of ether oxygens (including phenoxy) is 1. The van der Waals surface area contributed by atoms with Crippen molar-refractivity contribution < 1.29 is 14.1 Å². The minimum atomic E-state index is -0.0663. The van der Waals surface area contributed by atoms with Crippen LogP contribution in [0.15, 0.2) is 4.52 Å². The number of hydrogen-bond donors (Lipinski definition) is 1. The van der Waals surface area contributed by atoms with Crippen molar-refractivity contribution in [1.82, 2.24) is 10.1 Å². The molecule has 1 N–H and O–H groups in total. The zero-order valence-corrected chi connectivity index (χ0v) is 12.9. The summed E-state index contributed by atoms with van der Waals surface area (Å²) < 4.78 is 10.9. The fourth-order valence-electron chi connectivity index (χ4n) is 3.26. The van der Waals surface area contributed by atoms with Crippen LogP contribution in [0.4, 0.5) is 10.5 Å². The molecule has 2 amide bonds. The molecule has 2 saturated heterocycles. The van der Waals surface area contributed by atoms with Crippen molar-refractivity contribution in [1.29, 1.82) is 0 Å². The highest BCUT2D eigenvalue weighted by atomic mass is 16.5. The van der Waals surface area contributed by atoms with Gasteiger partial charge >= 0.3 is 6.03 Å². The summed E-state index contributed by atoms with van der Waals surface area (Å²) in [4.78, 5) is 14.5. The molecule has 2 aliphatic heterocycles. The third-order valence-electron chi connectivity index (χ3n) is 4.45. The van der Waals surface area contributed by atoms with Crippen LogP contribution in [0.5, 0.6) is 0 Å². The molecular weight excluding hydrogens is 270 g/mol. The number of nitrogens with one attached hydrogen (secondary N) is 1. The average Bonchev–Trinajstić information content (AvgIpc) is 3.05. The first kappa shape index (κ1) is 14.4. The third-order valence-corrected chi connectivity index (χ3v) is 4.45. The number of nitrogens with zero attached hydrogens (tertiary/aromatic N) is 2. The quantitative estimate of drug-likeness (QED) is 0.910. The topological polar surface area (TPSA) is 67.6 Å². The molecule has 2 fully saturated rings. The SMILES string of the molecule is Cc1noc(C(C)C)c1NC(=O)N1CCC[C@@H]2COC[C@@H]21. The van der Waals surface area contributed by atoms with E-state index in [0.717, 1.165) is 43.1 Å². The Bertz CT molecular complexity index is 526. The summed E-state index contributed by atoms with van der Waals surface area (Å²) in [6.07, 6.45) is 2.19. The van der Waals surface area contributed by atoms with Gasteiger partial charge in [0.15, 0.2) is 5.76 Å². The number of urea groups is 1. The summed E-state index contributed by atoms with van der Waals surface area (Å²) in [7, 11) is 0. The molecule has 6 heteroatoms. The first-order valence-corrected chi connectivity index (χ1v) is 7.69. The number of fused-ring (bicyclic) bond motifs is 1. The molecule has 6 nitrogen and oxygen atoms in total. The van der Waals surface area contributed by atoms with E-state index in [1.807, 2.05) is 25.7 Å². The Morgan fingerprint density at radius 2 is 2.24 bits per heavy atom. The molecule has 0 radical (unpaired) electrons. The molecule has 3 rings (SSSR count). The van der Waals surface area contributed by atoms with Crippen LogP contribution in [-0.2, 0) is 4.74 Å². The number of carbonyl (C=O) groups is 1. The standard InChI is InChI=1S/C15H23N3O3/c1-9(2)14-13(10(3)17-21-14)16-15(19)18-6-4-5-11-7-20-8-12(11)18/h9,11-12H,4-8H2,1-3H3,(H,16,19)/t11-,12+/m1/s1. The van der Waals surface area contributed by atoms with E-state index in [1.54, 1.807) is 0 Å². The molecule has 0 saturated carbocycles. The van der Waals surface area contributed by atoms with E-state index in [0.29, 0.717) is 12.5 Å². The lowest BCUT2D eigenvalue weighted by Gasteiger charge is -2.36. The van der Waals surface area contributed by atoms with Gasteiger partial charge in [-0.15, -0.1) is 0 Å². The second kappa shape index (κ2) is 5.67. The highest BCUT2D eigenvalue weighted by Gasteiger charge is 2.38. The molecule has 0 spiro atoms. The van der Waals surface area contributed by atoms with Gasteiger partial charge in [-0.25, -0.2) is 4.79 Å². The van der Waals surface area contributed by atoms with Crippen molar-refractivity contribution in [3.8, 4) is 0 Å². The number of piperidine rings is 1. The molecule has 0 aromatic carbocycles. The largest absolute Gasteiger partial charge is 0.379 e. The van der Waals surface area contributed by atoms with Crippen molar-refractivity contribution in [2.45, 2.75) is 45.6 Å². The highest BCUT2D eigenvalue weighted by Crippen LogP contribution is 2.31. The summed E-state index contributed by atoms with van der Waals surface area (Å²) >= 11 is 0. The van der Waals surface area contributed by atoms with Crippen LogP contribution in [0.25, 0.3) is 0 Å². The summed E-state index contributed by atoms with van der Waals surface area (Å²) in [5.74, 6) is 1.40. The van der Waals surface area contributed by atoms with Crippen LogP contribution in [0.1, 0.15) is 44.1 Å². The fraction of sp³-hybridized carbons (Fsp3) is 0.733. The number of amides is 2. The monoisotopic (exact) mass is 293 g/mol. The van der Waals surface area contributed by atoms with Gasteiger partial charge in [0.25, 0.3) is 0 Å². The van der Waals surface area contributed by atoms with Crippen LogP contribution in [0.2, 0.25) is 0 Å². The van der Waals surface area contributed by atoms with E-state index < -0.39 is 0 Å². The Morgan fingerprint density at radius 3 is 3.00 bits per heavy atom. The summed E-state index contributed by atoms with van der Waals surface area (Å²) in [5, 5.41) is 6.97. The van der Waals surface area contributed by atoms with Crippen molar-refractivity contribution >= 4 is 11.7 Å². The Labute approximate surface area is 124 Å². The minimum absolute atomic E-state index is 0.0663. The van der Waals surface area contributed by atoms with Crippen molar-refractivity contribution in [3.05, 3.63) is 11.5 Å². The lowest BCUT2D eigenvalue weighted by atomic mass is 9.92. The van der Waals surface area contributed by atoms with Gasteiger partial charge in [0, 0.05) is 18.4 Å². The number of likely N-dealkylation sites (tertiary alicyclic amines) is 1. The van der Waals surface area contributed by atoms with Crippen LogP contribution in [0.3, 0.4) is 0 Å². The minimum Gasteiger partial charge on any atom is -0.379 e. The van der Waals surface area contributed by atoms with Crippen LogP contribution in [-0.4, -0.2) is 41.9 Å². The van der Waals surface area contributed by atoms with E-state index in [2.05, 4.69) is 10.5 Å². The van der Waals surface area contributed by atoms with Gasteiger partial charge in [-0.1, -0.05) is 19.0 Å². The molecule has 1 aromatic heterocycles. The first-order chi connectivity index (χ1) is 10.1. The van der Waals surface area contributed by atoms with Gasteiger partial charge in [-0.3, -0.25) is 0 Å². The van der Waals surface area contributed by atoms with E-state index >= 15 is 0 Å². The molecule has 1 aromatic rings. The van der Waals surface area contributed by atoms with Gasteiger partial charge in [-0.2, -0.15) is 0 Å². The van der Waals surface area contributed by atoms with Gasteiger partial charge in [0.05, 0.1) is 19.3 Å². The predicted octanol–water partition coefficient (Wildman–Crippen LogP) is 2.75. The maximum atomic E-state index is 12.6. The maximum absolute atomic E-state index is 12.6. The second-order valence-electron chi connectivity index (χ2n) is 6.29. The fourth-order valence-corrected chi connectivity index (χ4v) is 3.26. The van der Waals surface area contributed by atoms with E-state index in [4.69, 9.17) is 9.26 Å². The Kier molecular flexibility index (Phi) is 3.89.